The molecule has 0 fully saturated rings. The summed E-state index contributed by atoms with van der Waals surface area (Å²) >= 11 is 1.24. The van der Waals surface area contributed by atoms with E-state index in [1.165, 1.54) is 11.3 Å². The van der Waals surface area contributed by atoms with Crippen LogP contribution in [0.15, 0.2) is 54.6 Å². The van der Waals surface area contributed by atoms with E-state index in [9.17, 15) is 23.1 Å². The summed E-state index contributed by atoms with van der Waals surface area (Å²) in [4.78, 5) is 31.8. The predicted molar refractivity (Wildman–Crippen MR) is 148 cm³/mol. The molecule has 1 aromatic heterocycles. The van der Waals surface area contributed by atoms with Gasteiger partial charge in [-0.25, -0.2) is 18.2 Å². The van der Waals surface area contributed by atoms with Crippen LogP contribution >= 0.6 is 11.3 Å². The number of carbonyl (C=O) groups excluding carboxylic acids is 2. The minimum atomic E-state index is -4.11. The molecule has 0 spiro atoms. The summed E-state index contributed by atoms with van der Waals surface area (Å²) in [6, 6.07) is 15.9. The molecule has 1 heterocycles. The molecule has 0 aliphatic carbocycles. The standard InChI is InChI=1S/C27H35N3O6S2/c1-5-6-16-30(25(32)23-29-20-14-10-11-15-21(20)37-23)24(31)22(17-28-26(33)36-27(2,3)4)38(34,35)18-19-12-8-7-9-13-19/h7-15,22,25,32H,5-6,16-18H2,1-4H3,(H,28,33)/t22-,25?/m1/s1. The van der Waals surface area contributed by atoms with Gasteiger partial charge in [-0.3, -0.25) is 4.79 Å². The van der Waals surface area contributed by atoms with Crippen molar-refractivity contribution in [3.63, 3.8) is 0 Å². The number of aliphatic hydroxyl groups is 1. The molecule has 0 saturated carbocycles. The molecule has 2 atom stereocenters. The number of sulfone groups is 1. The van der Waals surface area contributed by atoms with Gasteiger partial charge < -0.3 is 20.1 Å². The van der Waals surface area contributed by atoms with Crippen molar-refractivity contribution in [1.29, 1.82) is 0 Å². The SMILES string of the molecule is CCCCN(C(=O)[C@@H](CNC(=O)OC(C)(C)C)S(=O)(=O)Cc1ccccc1)C(O)c1nc2ccccc2s1. The van der Waals surface area contributed by atoms with E-state index >= 15 is 0 Å². The number of thiazole rings is 1. The lowest BCUT2D eigenvalue weighted by molar-refractivity contribution is -0.141. The summed E-state index contributed by atoms with van der Waals surface area (Å²) in [6.07, 6.45) is -1.02. The maximum atomic E-state index is 13.9. The van der Waals surface area contributed by atoms with Gasteiger partial charge in [0.15, 0.2) is 21.3 Å². The van der Waals surface area contributed by atoms with E-state index in [1.54, 1.807) is 57.2 Å². The van der Waals surface area contributed by atoms with E-state index in [-0.39, 0.29) is 11.6 Å². The van der Waals surface area contributed by atoms with Crippen molar-refractivity contribution in [3.8, 4) is 0 Å². The van der Waals surface area contributed by atoms with E-state index in [0.717, 1.165) is 9.60 Å². The van der Waals surface area contributed by atoms with E-state index in [4.69, 9.17) is 4.74 Å². The quantitative estimate of drug-likeness (QED) is 0.332. The smallest absolute Gasteiger partial charge is 0.407 e. The zero-order chi connectivity index (χ0) is 27.9. The van der Waals surface area contributed by atoms with Gasteiger partial charge in [-0.15, -0.1) is 11.3 Å². The monoisotopic (exact) mass is 561 g/mol. The Balaban J connectivity index is 1.94. The Labute approximate surface area is 227 Å². The van der Waals surface area contributed by atoms with Crippen LogP contribution in [0.25, 0.3) is 10.2 Å². The van der Waals surface area contributed by atoms with Crippen LogP contribution in [0.2, 0.25) is 0 Å². The van der Waals surface area contributed by atoms with Crippen molar-refractivity contribution < 1.29 is 27.9 Å². The molecule has 0 aliphatic heterocycles. The Morgan fingerprint density at radius 1 is 1.11 bits per heavy atom. The summed E-state index contributed by atoms with van der Waals surface area (Å²) in [5.74, 6) is -1.21. The number of nitrogens with one attached hydrogen (secondary N) is 1. The van der Waals surface area contributed by atoms with Crippen molar-refractivity contribution in [2.45, 2.75) is 63.4 Å². The fourth-order valence-electron chi connectivity index (χ4n) is 3.77. The first-order chi connectivity index (χ1) is 17.9. The summed E-state index contributed by atoms with van der Waals surface area (Å²) in [5.41, 5.74) is 0.381. The Morgan fingerprint density at radius 2 is 1.76 bits per heavy atom. The molecule has 2 N–H and O–H groups in total. The van der Waals surface area contributed by atoms with Gasteiger partial charge in [0.2, 0.25) is 5.91 Å². The predicted octanol–water partition coefficient (Wildman–Crippen LogP) is 4.42. The van der Waals surface area contributed by atoms with E-state index in [1.807, 2.05) is 25.1 Å². The fraction of sp³-hybridized carbons (Fsp3) is 0.444. The highest BCUT2D eigenvalue weighted by Gasteiger charge is 2.39. The number of alkyl carbamates (subject to hydrolysis) is 1. The van der Waals surface area contributed by atoms with Gasteiger partial charge in [0.05, 0.1) is 16.0 Å². The lowest BCUT2D eigenvalue weighted by Crippen LogP contribution is -2.51. The Morgan fingerprint density at radius 3 is 2.39 bits per heavy atom. The van der Waals surface area contributed by atoms with Crippen molar-refractivity contribution in [2.24, 2.45) is 0 Å². The molecule has 9 nitrogen and oxygen atoms in total. The average molecular weight is 562 g/mol. The van der Waals surface area contributed by atoms with Crippen molar-refractivity contribution in [1.82, 2.24) is 15.2 Å². The number of nitrogens with zero attached hydrogens (tertiary/aromatic N) is 2. The topological polar surface area (TPSA) is 126 Å². The van der Waals surface area contributed by atoms with Crippen molar-refractivity contribution in [3.05, 3.63) is 65.2 Å². The second-order valence-electron chi connectivity index (χ2n) is 9.94. The third kappa shape index (κ3) is 7.99. The summed E-state index contributed by atoms with van der Waals surface area (Å²) in [7, 11) is -4.11. The molecule has 2 amide bonds. The first kappa shape index (κ1) is 29.5. The number of para-hydroxylation sites is 1. The summed E-state index contributed by atoms with van der Waals surface area (Å²) in [5, 5.41) is 12.3. The molecule has 38 heavy (non-hydrogen) atoms. The van der Waals surface area contributed by atoms with Gasteiger partial charge >= 0.3 is 6.09 Å². The lowest BCUT2D eigenvalue weighted by Gasteiger charge is -2.30. The zero-order valence-corrected chi connectivity index (χ0v) is 23.7. The number of aliphatic hydroxyl groups excluding tert-OH is 1. The number of carbonyl (C=O) groups is 2. The van der Waals surface area contributed by atoms with Crippen LogP contribution in [0.5, 0.6) is 0 Å². The first-order valence-electron chi connectivity index (χ1n) is 12.5. The molecule has 3 aromatic rings. The van der Waals surface area contributed by atoms with Crippen LogP contribution < -0.4 is 5.32 Å². The van der Waals surface area contributed by atoms with Gasteiger partial charge in [-0.2, -0.15) is 0 Å². The molecule has 0 aliphatic rings. The normalized spacial score (nSPS) is 13.6. The number of aromatic nitrogens is 1. The Bertz CT molecular complexity index is 1300. The van der Waals surface area contributed by atoms with Crippen LogP contribution in [0.3, 0.4) is 0 Å². The Hall–Kier alpha value is -3.02. The van der Waals surface area contributed by atoms with Crippen LogP contribution in [0.1, 0.15) is 57.3 Å². The van der Waals surface area contributed by atoms with Crippen LogP contribution in [0.4, 0.5) is 4.79 Å². The number of amides is 2. The number of hydrogen-bond acceptors (Lipinski definition) is 8. The highest BCUT2D eigenvalue weighted by molar-refractivity contribution is 7.92. The number of fused-ring (bicyclic) bond motifs is 1. The Kier molecular flexibility index (Phi) is 9.86. The molecule has 11 heteroatoms. The van der Waals surface area contributed by atoms with Crippen LogP contribution in [-0.2, 0) is 25.1 Å². The third-order valence-corrected chi connectivity index (χ3v) is 8.66. The minimum absolute atomic E-state index is 0.121. The van der Waals surface area contributed by atoms with Gasteiger partial charge in [0.25, 0.3) is 0 Å². The second kappa shape index (κ2) is 12.7. The van der Waals surface area contributed by atoms with Crippen molar-refractivity contribution >= 4 is 43.4 Å². The van der Waals surface area contributed by atoms with Crippen molar-refractivity contribution in [2.75, 3.05) is 13.1 Å². The largest absolute Gasteiger partial charge is 0.444 e. The molecule has 2 aromatic carbocycles. The van der Waals surface area contributed by atoms with Gasteiger partial charge in [0.1, 0.15) is 10.6 Å². The van der Waals surface area contributed by atoms with E-state index < -0.39 is 51.2 Å². The number of unbranched alkanes of at least 4 members (excludes halogenated alkanes) is 1. The zero-order valence-electron chi connectivity index (χ0n) is 22.1. The lowest BCUT2D eigenvalue weighted by atomic mass is 10.2. The molecule has 0 radical (unpaired) electrons. The maximum absolute atomic E-state index is 13.9. The van der Waals surface area contributed by atoms with Crippen LogP contribution in [-0.4, -0.2) is 59.3 Å². The number of benzene rings is 2. The molecule has 0 bridgehead atoms. The second-order valence-corrected chi connectivity index (χ2v) is 13.2. The van der Waals surface area contributed by atoms with Gasteiger partial charge in [-0.05, 0) is 44.9 Å². The third-order valence-electron chi connectivity index (χ3n) is 5.61. The first-order valence-corrected chi connectivity index (χ1v) is 15.0. The molecule has 0 saturated heterocycles. The molecule has 206 valence electrons. The van der Waals surface area contributed by atoms with Gasteiger partial charge in [-0.1, -0.05) is 55.8 Å². The molecular formula is C27H35N3O6S2. The number of rotatable bonds is 11. The van der Waals surface area contributed by atoms with E-state index in [2.05, 4.69) is 10.3 Å². The maximum Gasteiger partial charge on any atom is 0.407 e. The minimum Gasteiger partial charge on any atom is -0.444 e. The van der Waals surface area contributed by atoms with E-state index in [0.29, 0.717) is 23.9 Å². The molecule has 1 unspecified atom stereocenters. The molecular weight excluding hydrogens is 526 g/mol. The highest BCUT2D eigenvalue weighted by Crippen LogP contribution is 2.29. The number of hydrogen-bond donors (Lipinski definition) is 2. The molecule has 3 rings (SSSR count). The highest BCUT2D eigenvalue weighted by atomic mass is 32.2. The van der Waals surface area contributed by atoms with Crippen LogP contribution in [0, 0.1) is 0 Å². The summed E-state index contributed by atoms with van der Waals surface area (Å²) in [6.45, 7) is 6.60. The average Bonchev–Trinajstić information content (AvgIpc) is 3.28. The summed E-state index contributed by atoms with van der Waals surface area (Å²) < 4.78 is 33.3. The number of ether oxygens (including phenoxy) is 1. The van der Waals surface area contributed by atoms with Gasteiger partial charge in [0, 0.05) is 13.1 Å². The fourth-order valence-corrected chi connectivity index (χ4v) is 6.37.